The van der Waals surface area contributed by atoms with E-state index in [-0.39, 0.29) is 17.4 Å². The lowest BCUT2D eigenvalue weighted by atomic mass is 10.1. The molecular weight excluding hydrogens is 279 g/mol. The minimum atomic E-state index is -0.501. The number of hydrogen-bond donors (Lipinski definition) is 1. The maximum atomic E-state index is 13.3. The molecule has 0 amide bonds. The highest BCUT2D eigenvalue weighted by atomic mass is 32.1. The first-order valence-corrected chi connectivity index (χ1v) is 7.23. The zero-order valence-electron chi connectivity index (χ0n) is 11.0. The Labute approximate surface area is 120 Å². The molecule has 1 heterocycles. The molecule has 20 heavy (non-hydrogen) atoms. The van der Waals surface area contributed by atoms with E-state index in [4.69, 9.17) is 0 Å². The summed E-state index contributed by atoms with van der Waals surface area (Å²) in [7, 11) is 0. The average molecular weight is 294 g/mol. The molecule has 0 radical (unpaired) electrons. The Balaban J connectivity index is 2.30. The van der Waals surface area contributed by atoms with E-state index in [1.54, 1.807) is 11.3 Å². The van der Waals surface area contributed by atoms with Crippen molar-refractivity contribution in [2.45, 2.75) is 25.8 Å². The number of rotatable bonds is 6. The first kappa shape index (κ1) is 14.5. The molecule has 1 atom stereocenters. The summed E-state index contributed by atoms with van der Waals surface area (Å²) in [5.41, 5.74) is 0.117. The van der Waals surface area contributed by atoms with E-state index in [1.165, 1.54) is 12.1 Å². The number of anilines is 1. The Kier molecular flexibility index (Phi) is 4.68. The summed E-state index contributed by atoms with van der Waals surface area (Å²) in [5.74, 6) is -0.487. The highest BCUT2D eigenvalue weighted by Crippen LogP contribution is 2.32. The van der Waals surface area contributed by atoms with Crippen LogP contribution in [0.15, 0.2) is 35.7 Å². The summed E-state index contributed by atoms with van der Waals surface area (Å²) in [6.45, 7) is 2.04. The molecule has 4 nitrogen and oxygen atoms in total. The summed E-state index contributed by atoms with van der Waals surface area (Å²) in [4.78, 5) is 11.6. The van der Waals surface area contributed by atoms with E-state index in [0.29, 0.717) is 0 Å². The smallest absolute Gasteiger partial charge is 0.292 e. The second-order valence-electron chi connectivity index (χ2n) is 4.42. The number of nitro groups is 1. The van der Waals surface area contributed by atoms with Gasteiger partial charge in [0.25, 0.3) is 5.69 Å². The molecular formula is C14H15FN2O2S. The third-order valence-corrected chi connectivity index (χ3v) is 3.93. The number of halogens is 1. The van der Waals surface area contributed by atoms with Crippen LogP contribution in [0.1, 0.15) is 30.7 Å². The maximum Gasteiger partial charge on any atom is 0.292 e. The molecule has 0 aliphatic carbocycles. The quantitative estimate of drug-likeness (QED) is 0.618. The number of thiophene rings is 1. The van der Waals surface area contributed by atoms with Gasteiger partial charge in [-0.3, -0.25) is 10.1 Å². The Morgan fingerprint density at radius 3 is 2.85 bits per heavy atom. The third kappa shape index (κ3) is 3.33. The Bertz CT molecular complexity index is 587. The molecule has 2 aromatic rings. The predicted molar refractivity (Wildman–Crippen MR) is 78.6 cm³/mol. The first-order chi connectivity index (χ1) is 9.61. The Morgan fingerprint density at radius 2 is 2.25 bits per heavy atom. The number of nitrogens with zero attached hydrogens (tertiary/aromatic N) is 1. The standard InChI is InChI=1S/C14H15FN2O2S/c1-2-4-11(14-5-3-8-20-14)16-12-9-10(15)6-7-13(12)17(18)19/h3,5-9,11,16H,2,4H2,1H3. The van der Waals surface area contributed by atoms with Crippen molar-refractivity contribution in [2.75, 3.05) is 5.32 Å². The normalized spacial score (nSPS) is 12.1. The minimum Gasteiger partial charge on any atom is -0.372 e. The minimum absolute atomic E-state index is 0.0412. The van der Waals surface area contributed by atoms with Crippen LogP contribution in [0.25, 0.3) is 0 Å². The highest BCUT2D eigenvalue weighted by Gasteiger charge is 2.19. The fraction of sp³-hybridized carbons (Fsp3) is 0.286. The van der Waals surface area contributed by atoms with Crippen molar-refractivity contribution in [3.05, 3.63) is 56.5 Å². The number of hydrogen-bond acceptors (Lipinski definition) is 4. The first-order valence-electron chi connectivity index (χ1n) is 6.35. The largest absolute Gasteiger partial charge is 0.372 e. The lowest BCUT2D eigenvalue weighted by molar-refractivity contribution is -0.384. The van der Waals surface area contributed by atoms with Gasteiger partial charge < -0.3 is 5.32 Å². The summed E-state index contributed by atoms with van der Waals surface area (Å²) in [5, 5.41) is 16.1. The molecule has 1 aromatic carbocycles. The average Bonchev–Trinajstić information content (AvgIpc) is 2.91. The summed E-state index contributed by atoms with van der Waals surface area (Å²) >= 11 is 1.58. The van der Waals surface area contributed by atoms with Gasteiger partial charge in [0, 0.05) is 17.0 Å². The topological polar surface area (TPSA) is 55.2 Å². The van der Waals surface area contributed by atoms with E-state index < -0.39 is 10.7 Å². The molecule has 1 aromatic heterocycles. The van der Waals surface area contributed by atoms with Crippen molar-refractivity contribution in [1.82, 2.24) is 0 Å². The van der Waals surface area contributed by atoms with Gasteiger partial charge in [0.1, 0.15) is 11.5 Å². The van der Waals surface area contributed by atoms with Crippen molar-refractivity contribution in [3.8, 4) is 0 Å². The van der Waals surface area contributed by atoms with E-state index in [1.807, 2.05) is 24.4 Å². The SMILES string of the molecule is CCCC(Nc1cc(F)ccc1[N+](=O)[O-])c1cccs1. The molecule has 0 saturated carbocycles. The molecule has 0 spiro atoms. The molecule has 1 N–H and O–H groups in total. The van der Waals surface area contributed by atoms with E-state index >= 15 is 0 Å². The third-order valence-electron chi connectivity index (χ3n) is 2.95. The van der Waals surface area contributed by atoms with Gasteiger partial charge in [0.15, 0.2) is 0 Å². The van der Waals surface area contributed by atoms with Crippen LogP contribution in [0.4, 0.5) is 15.8 Å². The van der Waals surface area contributed by atoms with Gasteiger partial charge in [0.05, 0.1) is 11.0 Å². The fourth-order valence-electron chi connectivity index (χ4n) is 2.03. The van der Waals surface area contributed by atoms with Gasteiger partial charge in [0.2, 0.25) is 0 Å². The van der Waals surface area contributed by atoms with E-state index in [0.717, 1.165) is 23.8 Å². The second-order valence-corrected chi connectivity index (χ2v) is 5.40. The monoisotopic (exact) mass is 294 g/mol. The van der Waals surface area contributed by atoms with Gasteiger partial charge in [-0.1, -0.05) is 19.4 Å². The molecule has 0 saturated heterocycles. The van der Waals surface area contributed by atoms with Gasteiger partial charge in [-0.05, 0) is 23.9 Å². The maximum absolute atomic E-state index is 13.3. The van der Waals surface area contributed by atoms with Crippen molar-refractivity contribution < 1.29 is 9.31 Å². The second kappa shape index (κ2) is 6.47. The molecule has 106 valence electrons. The van der Waals surface area contributed by atoms with E-state index in [9.17, 15) is 14.5 Å². The van der Waals surface area contributed by atoms with Crippen LogP contribution in [0.2, 0.25) is 0 Å². The van der Waals surface area contributed by atoms with Crippen LogP contribution in [0, 0.1) is 15.9 Å². The predicted octanol–water partition coefficient (Wildman–Crippen LogP) is 4.75. The summed E-state index contributed by atoms with van der Waals surface area (Å²) < 4.78 is 13.3. The van der Waals surface area contributed by atoms with Crippen molar-refractivity contribution in [2.24, 2.45) is 0 Å². The van der Waals surface area contributed by atoms with Gasteiger partial charge in [-0.2, -0.15) is 0 Å². The highest BCUT2D eigenvalue weighted by molar-refractivity contribution is 7.10. The molecule has 1 unspecified atom stereocenters. The van der Waals surface area contributed by atoms with Crippen LogP contribution in [0.3, 0.4) is 0 Å². The van der Waals surface area contributed by atoms with E-state index in [2.05, 4.69) is 5.32 Å². The molecule has 0 aliphatic rings. The van der Waals surface area contributed by atoms with Crippen LogP contribution in [-0.2, 0) is 0 Å². The lowest BCUT2D eigenvalue weighted by Crippen LogP contribution is -2.10. The molecule has 6 heteroatoms. The molecule has 0 bridgehead atoms. The lowest BCUT2D eigenvalue weighted by Gasteiger charge is -2.18. The number of benzene rings is 1. The van der Waals surface area contributed by atoms with Crippen LogP contribution < -0.4 is 5.32 Å². The summed E-state index contributed by atoms with van der Waals surface area (Å²) in [6.07, 6.45) is 1.76. The van der Waals surface area contributed by atoms with Crippen molar-refractivity contribution >= 4 is 22.7 Å². The fourth-order valence-corrected chi connectivity index (χ4v) is 2.85. The van der Waals surface area contributed by atoms with Gasteiger partial charge >= 0.3 is 0 Å². The zero-order chi connectivity index (χ0) is 14.5. The van der Waals surface area contributed by atoms with Crippen molar-refractivity contribution in [3.63, 3.8) is 0 Å². The van der Waals surface area contributed by atoms with Crippen LogP contribution in [-0.4, -0.2) is 4.92 Å². The number of nitro benzene ring substituents is 1. The van der Waals surface area contributed by atoms with Crippen LogP contribution >= 0.6 is 11.3 Å². The molecule has 0 fully saturated rings. The number of nitrogens with one attached hydrogen (secondary N) is 1. The summed E-state index contributed by atoms with van der Waals surface area (Å²) in [6, 6.07) is 7.33. The van der Waals surface area contributed by atoms with Crippen molar-refractivity contribution in [1.29, 1.82) is 0 Å². The molecule has 2 rings (SSSR count). The zero-order valence-corrected chi connectivity index (χ0v) is 11.8. The van der Waals surface area contributed by atoms with Gasteiger partial charge in [-0.25, -0.2) is 4.39 Å². The Hall–Kier alpha value is -1.95. The molecule has 0 aliphatic heterocycles. The van der Waals surface area contributed by atoms with Gasteiger partial charge in [-0.15, -0.1) is 11.3 Å². The Morgan fingerprint density at radius 1 is 1.45 bits per heavy atom. The van der Waals surface area contributed by atoms with Crippen LogP contribution in [0.5, 0.6) is 0 Å².